The third-order valence-electron chi connectivity index (χ3n) is 8.25. The molecule has 4 aliphatic heterocycles. The lowest BCUT2D eigenvalue weighted by atomic mass is 9.78. The van der Waals surface area contributed by atoms with Gasteiger partial charge in [-0.3, -0.25) is 14.4 Å². The number of likely N-dealkylation sites (tertiary alicyclic amines) is 1. The Bertz CT molecular complexity index is 876. The number of carbonyl (C=O) groups is 3. The largest absolute Gasteiger partial charge is 0.465 e. The number of hydrogen-bond acceptors (Lipinski definition) is 6. The Kier molecular flexibility index (Phi) is 8.31. The number of carbonyl (C=O) groups excluding carboxylic acids is 3. The molecule has 7 nitrogen and oxygen atoms in total. The number of rotatable bonds is 7. The summed E-state index contributed by atoms with van der Waals surface area (Å²) in [6.45, 7) is 7.40. The molecule has 0 aromatic heterocycles. The topological polar surface area (TPSA) is 87.2 Å². The first-order valence-electron chi connectivity index (χ1n) is 13.3. The van der Waals surface area contributed by atoms with Crippen LogP contribution >= 0.6 is 11.8 Å². The molecule has 0 aromatic carbocycles. The molecule has 1 N–H and O–H groups in total. The summed E-state index contributed by atoms with van der Waals surface area (Å²) in [4.78, 5) is 45.3. The number of nitrogens with zero attached hydrogens (tertiary/aromatic N) is 2. The highest BCUT2D eigenvalue weighted by Crippen LogP contribution is 2.61. The van der Waals surface area contributed by atoms with E-state index in [2.05, 4.69) is 19.1 Å². The van der Waals surface area contributed by atoms with Gasteiger partial charge in [0.1, 0.15) is 6.04 Å². The number of esters is 1. The number of thioether (sulfide) groups is 1. The molecule has 1 unspecified atom stereocenters. The van der Waals surface area contributed by atoms with Crippen molar-refractivity contribution in [3.63, 3.8) is 0 Å². The van der Waals surface area contributed by atoms with Crippen molar-refractivity contribution in [3.8, 4) is 0 Å². The molecular formula is C27H40N2O5S. The van der Waals surface area contributed by atoms with E-state index in [-0.39, 0.29) is 35.6 Å². The van der Waals surface area contributed by atoms with Gasteiger partial charge in [-0.2, -0.15) is 0 Å². The van der Waals surface area contributed by atoms with Gasteiger partial charge in [0.15, 0.2) is 0 Å². The van der Waals surface area contributed by atoms with Crippen molar-refractivity contribution < 1.29 is 24.2 Å². The molecule has 4 aliphatic rings. The van der Waals surface area contributed by atoms with Crippen LogP contribution in [0.3, 0.4) is 0 Å². The average Bonchev–Trinajstić information content (AvgIpc) is 3.24. The maximum Gasteiger partial charge on any atom is 0.311 e. The van der Waals surface area contributed by atoms with Crippen molar-refractivity contribution in [3.05, 3.63) is 24.3 Å². The Balaban J connectivity index is 1.83. The van der Waals surface area contributed by atoms with Crippen LogP contribution in [-0.4, -0.2) is 81.1 Å². The molecule has 4 heterocycles. The predicted molar refractivity (Wildman–Crippen MR) is 137 cm³/mol. The van der Waals surface area contributed by atoms with E-state index in [4.69, 9.17) is 4.74 Å². The third kappa shape index (κ3) is 4.57. The van der Waals surface area contributed by atoms with E-state index in [1.807, 2.05) is 30.9 Å². The minimum atomic E-state index is -0.858. The minimum Gasteiger partial charge on any atom is -0.465 e. The van der Waals surface area contributed by atoms with Gasteiger partial charge in [0.05, 0.1) is 35.8 Å². The van der Waals surface area contributed by atoms with Crippen LogP contribution in [0.5, 0.6) is 0 Å². The van der Waals surface area contributed by atoms with Crippen molar-refractivity contribution in [2.75, 3.05) is 26.3 Å². The molecule has 194 valence electrons. The molecule has 35 heavy (non-hydrogen) atoms. The van der Waals surface area contributed by atoms with E-state index in [0.29, 0.717) is 19.7 Å². The lowest BCUT2D eigenvalue weighted by Gasteiger charge is -2.40. The van der Waals surface area contributed by atoms with Crippen molar-refractivity contribution in [1.82, 2.24) is 9.80 Å². The average molecular weight is 505 g/mol. The van der Waals surface area contributed by atoms with Crippen molar-refractivity contribution in [2.45, 2.75) is 81.4 Å². The number of aliphatic hydroxyl groups is 1. The summed E-state index contributed by atoms with van der Waals surface area (Å²) in [7, 11) is 0. The van der Waals surface area contributed by atoms with Gasteiger partial charge in [-0.25, -0.2) is 0 Å². The van der Waals surface area contributed by atoms with E-state index in [0.717, 1.165) is 38.5 Å². The lowest BCUT2D eigenvalue weighted by molar-refractivity contribution is -0.154. The molecule has 8 heteroatoms. The second-order valence-corrected chi connectivity index (χ2v) is 11.8. The molecule has 1 spiro atoms. The summed E-state index contributed by atoms with van der Waals surface area (Å²) in [6.07, 6.45) is 13.5. The van der Waals surface area contributed by atoms with Gasteiger partial charge >= 0.3 is 5.97 Å². The molecule has 0 bridgehead atoms. The van der Waals surface area contributed by atoms with Gasteiger partial charge in [-0.05, 0) is 31.6 Å². The maximum atomic E-state index is 14.3. The van der Waals surface area contributed by atoms with Gasteiger partial charge in [-0.1, -0.05) is 57.9 Å². The summed E-state index contributed by atoms with van der Waals surface area (Å²) >= 11 is 1.57. The van der Waals surface area contributed by atoms with E-state index in [1.54, 1.807) is 16.7 Å². The van der Waals surface area contributed by atoms with Crippen molar-refractivity contribution in [1.29, 1.82) is 0 Å². The fraction of sp³-hybridized carbons (Fsp3) is 0.741. The fourth-order valence-electron chi connectivity index (χ4n) is 6.12. The Morgan fingerprint density at radius 2 is 2.00 bits per heavy atom. The van der Waals surface area contributed by atoms with Crippen molar-refractivity contribution >= 4 is 29.5 Å². The molecule has 0 aromatic rings. The third-order valence-corrected chi connectivity index (χ3v) is 9.99. The van der Waals surface area contributed by atoms with Crippen LogP contribution in [0.15, 0.2) is 24.3 Å². The quantitative estimate of drug-likeness (QED) is 0.423. The maximum absolute atomic E-state index is 14.3. The zero-order valence-electron chi connectivity index (χ0n) is 21.2. The molecule has 4 rings (SSSR count). The highest BCUT2D eigenvalue weighted by atomic mass is 32.2. The smallest absolute Gasteiger partial charge is 0.311 e. The predicted octanol–water partition coefficient (Wildman–Crippen LogP) is 3.17. The molecule has 7 atom stereocenters. The monoisotopic (exact) mass is 504 g/mol. The van der Waals surface area contributed by atoms with Crippen LogP contribution in [0.2, 0.25) is 0 Å². The number of cyclic esters (lactones) is 1. The number of allylic oxidation sites excluding steroid dienone is 1. The van der Waals surface area contributed by atoms with E-state index >= 15 is 0 Å². The second-order valence-electron chi connectivity index (χ2n) is 10.4. The Morgan fingerprint density at radius 3 is 2.71 bits per heavy atom. The molecular weight excluding hydrogens is 464 g/mol. The highest BCUT2D eigenvalue weighted by Gasteiger charge is 2.71. The normalized spacial score (nSPS) is 35.6. The van der Waals surface area contributed by atoms with E-state index in [9.17, 15) is 19.5 Å². The van der Waals surface area contributed by atoms with Gasteiger partial charge in [0.2, 0.25) is 11.8 Å². The van der Waals surface area contributed by atoms with Gasteiger partial charge in [0.25, 0.3) is 0 Å². The Labute approximate surface area is 213 Å². The highest BCUT2D eigenvalue weighted by molar-refractivity contribution is 8.02. The second kappa shape index (κ2) is 11.1. The number of fused-ring (bicyclic) bond motifs is 2. The van der Waals surface area contributed by atoms with Crippen LogP contribution in [-0.2, 0) is 19.1 Å². The molecule has 0 radical (unpaired) electrons. The first kappa shape index (κ1) is 26.3. The zero-order chi connectivity index (χ0) is 25.2. The van der Waals surface area contributed by atoms with Crippen molar-refractivity contribution in [2.24, 2.45) is 17.8 Å². The number of unbranched alkanes of at least 4 members (excludes halogenated alkanes) is 1. The van der Waals surface area contributed by atoms with Gasteiger partial charge in [0, 0.05) is 18.3 Å². The number of aliphatic hydroxyl groups excluding tert-OH is 1. The van der Waals surface area contributed by atoms with E-state index in [1.165, 1.54) is 0 Å². The Morgan fingerprint density at radius 1 is 1.20 bits per heavy atom. The number of ether oxygens (including phenoxy) is 1. The van der Waals surface area contributed by atoms with Crippen LogP contribution in [0.25, 0.3) is 0 Å². The fourth-order valence-corrected chi connectivity index (χ4v) is 8.11. The number of hydrogen-bond donors (Lipinski definition) is 1. The molecule has 0 aliphatic carbocycles. The van der Waals surface area contributed by atoms with E-state index < -0.39 is 28.7 Å². The summed E-state index contributed by atoms with van der Waals surface area (Å²) < 4.78 is 4.80. The minimum absolute atomic E-state index is 0.0145. The molecule has 2 saturated heterocycles. The number of amides is 2. The zero-order valence-corrected chi connectivity index (χ0v) is 22.0. The summed E-state index contributed by atoms with van der Waals surface area (Å²) in [5.41, 5.74) is 0. The molecule has 2 amide bonds. The van der Waals surface area contributed by atoms with Gasteiger partial charge < -0.3 is 19.6 Å². The molecule has 0 saturated carbocycles. The summed E-state index contributed by atoms with van der Waals surface area (Å²) in [5, 5.41) is 10.2. The summed E-state index contributed by atoms with van der Waals surface area (Å²) in [6, 6.07) is -1.22. The van der Waals surface area contributed by atoms with Crippen LogP contribution in [0, 0.1) is 17.8 Å². The molecule has 2 fully saturated rings. The Hall–Kier alpha value is -1.80. The van der Waals surface area contributed by atoms with Crippen LogP contribution < -0.4 is 0 Å². The van der Waals surface area contributed by atoms with Crippen LogP contribution in [0.4, 0.5) is 0 Å². The first-order valence-corrected chi connectivity index (χ1v) is 14.2. The van der Waals surface area contributed by atoms with Crippen LogP contribution in [0.1, 0.15) is 59.3 Å². The SMILES string of the molecule is CCCCN1CC=C[C@]23S[C@H]4/C=C\CCCCOC(=O)[C@H]4[C@H]2C(=O)N([C@@H](CO)[C@@H](C)CC)C3C1=O. The standard InChI is InChI=1S/C27H40N2O5S/c1-4-6-14-28-15-11-13-27-22(21-20(35-27)12-9-7-8-10-16-34-26(21)33)24(31)29(23(27)25(28)32)19(17-30)18(3)5-2/h9,11-13,18-23,30H,4-8,10,14-17H2,1-3H3/b12-9-/t18-,19-,20-,21+,22-,23?,27-/m0/s1. The summed E-state index contributed by atoms with van der Waals surface area (Å²) in [5.74, 6) is -1.95. The van der Waals surface area contributed by atoms with Gasteiger partial charge in [-0.15, -0.1) is 11.8 Å². The first-order chi connectivity index (χ1) is 16.9. The lowest BCUT2D eigenvalue weighted by Crippen LogP contribution is -2.57.